The van der Waals surface area contributed by atoms with E-state index < -0.39 is 0 Å². The van der Waals surface area contributed by atoms with Crippen LogP contribution >= 0.6 is 0 Å². The van der Waals surface area contributed by atoms with Gasteiger partial charge in [0.15, 0.2) is 5.78 Å². The molecular formula is C22H22N4O2. The van der Waals surface area contributed by atoms with Gasteiger partial charge in [0.05, 0.1) is 12.2 Å². The molecule has 1 atom stereocenters. The summed E-state index contributed by atoms with van der Waals surface area (Å²) in [4.78, 5) is 33.6. The molecule has 142 valence electrons. The molecule has 1 unspecified atom stereocenters. The van der Waals surface area contributed by atoms with Crippen LogP contribution in [0.1, 0.15) is 17.5 Å². The molecule has 0 bridgehead atoms. The van der Waals surface area contributed by atoms with Crippen molar-refractivity contribution in [2.24, 2.45) is 13.0 Å². The number of aryl methyl sites for hydroxylation is 1. The van der Waals surface area contributed by atoms with Gasteiger partial charge in [-0.25, -0.2) is 4.98 Å². The fourth-order valence-electron chi connectivity index (χ4n) is 3.65. The van der Waals surface area contributed by atoms with Gasteiger partial charge in [0, 0.05) is 37.0 Å². The highest BCUT2D eigenvalue weighted by Crippen LogP contribution is 2.26. The highest BCUT2D eigenvalue weighted by atomic mass is 16.1. The monoisotopic (exact) mass is 374 g/mol. The third kappa shape index (κ3) is 3.71. The Morgan fingerprint density at radius 2 is 1.93 bits per heavy atom. The van der Waals surface area contributed by atoms with Crippen molar-refractivity contribution in [1.29, 1.82) is 0 Å². The van der Waals surface area contributed by atoms with Gasteiger partial charge < -0.3 is 5.32 Å². The smallest absolute Gasteiger partial charge is 0.255 e. The number of anilines is 1. The standard InChI is InChI=1S/C22H22N4O2/c1-26-21(28)13-19(16-8-10-23-11-9-16)25-22(26)24-14-20(27)18-7-6-15-4-2-3-5-17(15)12-18/h2-5,8-11,13,18H,6-7,12,14H2,1H3,(H,24,25). The first-order valence-corrected chi connectivity index (χ1v) is 9.43. The summed E-state index contributed by atoms with van der Waals surface area (Å²) in [5.74, 6) is 0.546. The van der Waals surface area contributed by atoms with Crippen LogP contribution < -0.4 is 10.9 Å². The van der Waals surface area contributed by atoms with Crippen LogP contribution in [-0.4, -0.2) is 26.9 Å². The van der Waals surface area contributed by atoms with Gasteiger partial charge in [0.2, 0.25) is 5.95 Å². The van der Waals surface area contributed by atoms with Crippen molar-refractivity contribution in [1.82, 2.24) is 14.5 Å². The number of benzene rings is 1. The first kappa shape index (κ1) is 18.1. The van der Waals surface area contributed by atoms with Crippen molar-refractivity contribution in [3.8, 4) is 11.3 Å². The van der Waals surface area contributed by atoms with Crippen molar-refractivity contribution in [2.45, 2.75) is 19.3 Å². The van der Waals surface area contributed by atoms with E-state index in [1.165, 1.54) is 21.8 Å². The summed E-state index contributed by atoms with van der Waals surface area (Å²) in [6.07, 6.45) is 5.89. The fraction of sp³-hybridized carbons (Fsp3) is 0.273. The van der Waals surface area contributed by atoms with Gasteiger partial charge in [0.1, 0.15) is 0 Å². The molecule has 28 heavy (non-hydrogen) atoms. The zero-order chi connectivity index (χ0) is 19.5. The molecule has 0 spiro atoms. The number of fused-ring (bicyclic) bond motifs is 1. The van der Waals surface area contributed by atoms with Crippen LogP contribution in [0.15, 0.2) is 59.7 Å². The SMILES string of the molecule is Cn1c(NCC(=O)C2CCc3ccccc3C2)nc(-c2ccncc2)cc1=O. The Balaban J connectivity index is 1.48. The van der Waals surface area contributed by atoms with Crippen molar-refractivity contribution < 1.29 is 4.79 Å². The minimum absolute atomic E-state index is 0.00260. The molecule has 1 N–H and O–H groups in total. The Morgan fingerprint density at radius 1 is 1.18 bits per heavy atom. The molecule has 0 amide bonds. The number of carbonyl (C=O) groups is 1. The highest BCUT2D eigenvalue weighted by Gasteiger charge is 2.24. The zero-order valence-corrected chi connectivity index (χ0v) is 15.8. The van der Waals surface area contributed by atoms with Crippen molar-refractivity contribution in [3.05, 3.63) is 76.3 Å². The van der Waals surface area contributed by atoms with Gasteiger partial charge in [-0.15, -0.1) is 0 Å². The minimum Gasteiger partial charge on any atom is -0.348 e. The first-order chi connectivity index (χ1) is 13.6. The van der Waals surface area contributed by atoms with E-state index in [1.807, 2.05) is 12.1 Å². The lowest BCUT2D eigenvalue weighted by Gasteiger charge is -2.23. The molecule has 0 saturated carbocycles. The van der Waals surface area contributed by atoms with Crippen molar-refractivity contribution in [3.63, 3.8) is 0 Å². The van der Waals surface area contributed by atoms with E-state index in [0.29, 0.717) is 11.6 Å². The maximum atomic E-state index is 12.7. The van der Waals surface area contributed by atoms with Crippen molar-refractivity contribution >= 4 is 11.7 Å². The molecule has 6 nitrogen and oxygen atoms in total. The van der Waals surface area contributed by atoms with Crippen LogP contribution in [0.5, 0.6) is 0 Å². The summed E-state index contributed by atoms with van der Waals surface area (Å²) in [7, 11) is 1.65. The Morgan fingerprint density at radius 3 is 2.71 bits per heavy atom. The molecule has 2 heterocycles. The van der Waals surface area contributed by atoms with Crippen LogP contribution in [0, 0.1) is 5.92 Å². The van der Waals surface area contributed by atoms with E-state index in [9.17, 15) is 9.59 Å². The van der Waals surface area contributed by atoms with Gasteiger partial charge in [-0.1, -0.05) is 24.3 Å². The molecule has 4 rings (SSSR count). The summed E-state index contributed by atoms with van der Waals surface area (Å²) in [5.41, 5.74) is 3.80. The van der Waals surface area contributed by atoms with E-state index in [2.05, 4.69) is 27.4 Å². The second-order valence-corrected chi connectivity index (χ2v) is 7.13. The predicted octanol–water partition coefficient (Wildman–Crippen LogP) is 2.63. The predicted molar refractivity (Wildman–Crippen MR) is 108 cm³/mol. The van der Waals surface area contributed by atoms with Crippen LogP contribution in [0.25, 0.3) is 11.3 Å². The molecule has 0 aliphatic heterocycles. The first-order valence-electron chi connectivity index (χ1n) is 9.43. The van der Waals surface area contributed by atoms with Gasteiger partial charge in [0.25, 0.3) is 5.56 Å². The fourth-order valence-corrected chi connectivity index (χ4v) is 3.65. The highest BCUT2D eigenvalue weighted by molar-refractivity contribution is 5.85. The largest absolute Gasteiger partial charge is 0.348 e. The molecule has 0 radical (unpaired) electrons. The van der Waals surface area contributed by atoms with E-state index in [1.54, 1.807) is 31.6 Å². The summed E-state index contributed by atoms with van der Waals surface area (Å²) in [6.45, 7) is 0.160. The normalized spacial score (nSPS) is 15.7. The van der Waals surface area contributed by atoms with Crippen LogP contribution in [-0.2, 0) is 24.7 Å². The maximum Gasteiger partial charge on any atom is 0.255 e. The Kier molecular flexibility index (Phi) is 5.02. The third-order valence-corrected chi connectivity index (χ3v) is 5.33. The number of pyridine rings is 1. The van der Waals surface area contributed by atoms with E-state index in [0.717, 1.165) is 24.8 Å². The van der Waals surface area contributed by atoms with Crippen LogP contribution in [0.3, 0.4) is 0 Å². The summed E-state index contributed by atoms with van der Waals surface area (Å²) in [6, 6.07) is 13.4. The average molecular weight is 374 g/mol. The van der Waals surface area contributed by atoms with E-state index in [-0.39, 0.29) is 23.8 Å². The number of hydrogen-bond acceptors (Lipinski definition) is 5. The number of ketones is 1. The lowest BCUT2D eigenvalue weighted by Crippen LogP contribution is -2.30. The third-order valence-electron chi connectivity index (χ3n) is 5.33. The van der Waals surface area contributed by atoms with Gasteiger partial charge >= 0.3 is 0 Å². The number of nitrogens with zero attached hydrogens (tertiary/aromatic N) is 3. The average Bonchev–Trinajstić information content (AvgIpc) is 2.74. The van der Waals surface area contributed by atoms with E-state index in [4.69, 9.17) is 0 Å². The molecule has 6 heteroatoms. The second kappa shape index (κ2) is 7.76. The number of nitrogens with one attached hydrogen (secondary N) is 1. The lowest BCUT2D eigenvalue weighted by molar-refractivity contribution is -0.121. The lowest BCUT2D eigenvalue weighted by atomic mass is 9.82. The zero-order valence-electron chi connectivity index (χ0n) is 15.8. The molecule has 2 aromatic heterocycles. The molecular weight excluding hydrogens is 352 g/mol. The number of hydrogen-bond donors (Lipinski definition) is 1. The molecule has 1 aliphatic rings. The van der Waals surface area contributed by atoms with Gasteiger partial charge in [-0.05, 0) is 42.5 Å². The molecule has 0 saturated heterocycles. The quantitative estimate of drug-likeness (QED) is 0.743. The molecule has 1 aliphatic carbocycles. The Bertz CT molecular complexity index is 1060. The van der Waals surface area contributed by atoms with Crippen LogP contribution in [0.2, 0.25) is 0 Å². The van der Waals surface area contributed by atoms with Crippen molar-refractivity contribution in [2.75, 3.05) is 11.9 Å². The maximum absolute atomic E-state index is 12.7. The molecule has 1 aromatic carbocycles. The Labute approximate surface area is 163 Å². The number of carbonyl (C=O) groups excluding carboxylic acids is 1. The van der Waals surface area contributed by atoms with Gasteiger partial charge in [-0.2, -0.15) is 0 Å². The van der Waals surface area contributed by atoms with Crippen LogP contribution in [0.4, 0.5) is 5.95 Å². The Hall–Kier alpha value is -3.28. The topological polar surface area (TPSA) is 76.9 Å². The van der Waals surface area contributed by atoms with Gasteiger partial charge in [-0.3, -0.25) is 19.1 Å². The summed E-state index contributed by atoms with van der Waals surface area (Å²) < 4.78 is 1.42. The number of aromatic nitrogens is 3. The molecule has 0 fully saturated rings. The second-order valence-electron chi connectivity index (χ2n) is 7.13. The minimum atomic E-state index is -0.177. The number of Topliss-reactive ketones (excluding diaryl/α,β-unsaturated/α-hetero) is 1. The summed E-state index contributed by atoms with van der Waals surface area (Å²) >= 11 is 0. The summed E-state index contributed by atoms with van der Waals surface area (Å²) in [5, 5.41) is 3.07. The number of rotatable bonds is 5. The molecule has 3 aromatic rings. The van der Waals surface area contributed by atoms with E-state index >= 15 is 0 Å².